The number of ether oxygens (including phenoxy) is 2. The molecule has 1 fully saturated rings. The number of oxime groups is 1. The number of pyridine rings is 1. The van der Waals surface area contributed by atoms with Crippen LogP contribution in [-0.4, -0.2) is 30.9 Å². The number of hydrogen-bond donors (Lipinski definition) is 0. The third-order valence-electron chi connectivity index (χ3n) is 5.17. The monoisotopic (exact) mass is 402 g/mol. The van der Waals surface area contributed by atoms with Gasteiger partial charge in [0.15, 0.2) is 0 Å². The van der Waals surface area contributed by atoms with Crippen molar-refractivity contribution in [2.45, 2.75) is 12.3 Å². The molecule has 30 heavy (non-hydrogen) atoms. The Morgan fingerprint density at radius 2 is 1.60 bits per heavy atom. The van der Waals surface area contributed by atoms with Gasteiger partial charge in [0.25, 0.3) is 0 Å². The molecule has 1 heterocycles. The Balaban J connectivity index is 1.54. The molecule has 1 aromatic heterocycles. The summed E-state index contributed by atoms with van der Waals surface area (Å²) in [5.74, 6) is 1.41. The van der Waals surface area contributed by atoms with Crippen molar-refractivity contribution in [2.75, 3.05) is 14.2 Å². The van der Waals surface area contributed by atoms with Gasteiger partial charge in [0.1, 0.15) is 17.2 Å². The number of aromatic nitrogens is 1. The van der Waals surface area contributed by atoms with Crippen molar-refractivity contribution in [3.8, 4) is 11.5 Å². The minimum atomic E-state index is -0.521. The predicted molar refractivity (Wildman–Crippen MR) is 113 cm³/mol. The van der Waals surface area contributed by atoms with Gasteiger partial charge in [-0.25, -0.2) is 4.79 Å². The smallest absolute Gasteiger partial charge is 0.365 e. The van der Waals surface area contributed by atoms with Crippen molar-refractivity contribution >= 4 is 11.7 Å². The van der Waals surface area contributed by atoms with Crippen molar-refractivity contribution in [1.29, 1.82) is 0 Å². The molecule has 0 N–H and O–H groups in total. The lowest BCUT2D eigenvalue weighted by Gasteiger charge is -2.07. The van der Waals surface area contributed by atoms with Crippen LogP contribution in [0.1, 0.15) is 34.0 Å². The van der Waals surface area contributed by atoms with Gasteiger partial charge >= 0.3 is 5.97 Å². The van der Waals surface area contributed by atoms with Crippen molar-refractivity contribution in [1.82, 2.24) is 4.98 Å². The Kier molecular flexibility index (Phi) is 5.75. The molecule has 4 rings (SSSR count). The summed E-state index contributed by atoms with van der Waals surface area (Å²) in [5.41, 5.74) is 2.99. The standard InChI is InChI=1S/C24H22N2O4/c1-28-18-10-6-16(7-11-18)20-15-21(20)23(22-5-3-4-14-25-22)26-30-24(27)17-8-12-19(29-2)13-9-17/h3-14,20-21H,15H2,1-2H3/b26-23+. The maximum atomic E-state index is 12.4. The molecule has 3 aromatic rings. The third kappa shape index (κ3) is 4.33. The Hall–Kier alpha value is -3.67. The highest BCUT2D eigenvalue weighted by Gasteiger charge is 2.43. The number of nitrogens with zero attached hydrogens (tertiary/aromatic N) is 2. The molecule has 0 radical (unpaired) electrons. The second kappa shape index (κ2) is 8.78. The fraction of sp³-hybridized carbons (Fsp3) is 0.208. The maximum absolute atomic E-state index is 12.4. The number of methoxy groups -OCH3 is 2. The highest BCUT2D eigenvalue weighted by Crippen LogP contribution is 2.49. The van der Waals surface area contributed by atoms with Gasteiger partial charge in [0.2, 0.25) is 0 Å². The molecule has 0 spiro atoms. The zero-order valence-corrected chi connectivity index (χ0v) is 16.8. The van der Waals surface area contributed by atoms with E-state index in [1.807, 2.05) is 30.3 Å². The van der Waals surface area contributed by atoms with Gasteiger partial charge in [0, 0.05) is 12.1 Å². The molecule has 0 saturated heterocycles. The van der Waals surface area contributed by atoms with Crippen molar-refractivity contribution < 1.29 is 19.1 Å². The lowest BCUT2D eigenvalue weighted by atomic mass is 10.1. The first-order valence-corrected chi connectivity index (χ1v) is 9.68. The molecule has 0 aliphatic heterocycles. The first-order chi connectivity index (χ1) is 14.7. The molecule has 2 atom stereocenters. The summed E-state index contributed by atoms with van der Waals surface area (Å²) in [6, 6.07) is 20.4. The Labute approximate surface area is 175 Å². The number of benzene rings is 2. The number of hydrogen-bond acceptors (Lipinski definition) is 6. The quantitative estimate of drug-likeness (QED) is 0.331. The van der Waals surface area contributed by atoms with Gasteiger partial charge < -0.3 is 14.3 Å². The van der Waals surface area contributed by atoms with E-state index in [2.05, 4.69) is 22.3 Å². The van der Waals surface area contributed by atoms with E-state index < -0.39 is 5.97 Å². The second-order valence-electron chi connectivity index (χ2n) is 7.02. The third-order valence-corrected chi connectivity index (χ3v) is 5.17. The summed E-state index contributed by atoms with van der Waals surface area (Å²) in [6.07, 6.45) is 2.63. The first-order valence-electron chi connectivity index (χ1n) is 9.68. The highest BCUT2D eigenvalue weighted by atomic mass is 16.7. The van der Waals surface area contributed by atoms with Crippen LogP contribution in [0.5, 0.6) is 11.5 Å². The molecule has 1 aliphatic rings. The minimum Gasteiger partial charge on any atom is -0.497 e. The van der Waals surface area contributed by atoms with Crippen molar-refractivity contribution in [3.05, 3.63) is 89.7 Å². The number of rotatable bonds is 7. The van der Waals surface area contributed by atoms with Crippen LogP contribution in [0.4, 0.5) is 0 Å². The van der Waals surface area contributed by atoms with E-state index in [0.29, 0.717) is 28.6 Å². The van der Waals surface area contributed by atoms with E-state index in [0.717, 1.165) is 12.2 Å². The van der Waals surface area contributed by atoms with Gasteiger partial charge in [-0.2, -0.15) is 0 Å². The van der Waals surface area contributed by atoms with Crippen LogP contribution >= 0.6 is 0 Å². The normalized spacial score (nSPS) is 17.9. The topological polar surface area (TPSA) is 70.0 Å². The molecular weight excluding hydrogens is 380 g/mol. The molecule has 6 heteroatoms. The van der Waals surface area contributed by atoms with Crippen molar-refractivity contribution in [2.24, 2.45) is 11.1 Å². The summed E-state index contributed by atoms with van der Waals surface area (Å²) in [5, 5.41) is 4.23. The molecule has 6 nitrogen and oxygen atoms in total. The number of carbonyl (C=O) groups is 1. The van der Waals surface area contributed by atoms with Gasteiger partial charge in [-0.1, -0.05) is 23.4 Å². The molecule has 2 unspecified atom stereocenters. The molecule has 1 aliphatic carbocycles. The molecule has 2 aromatic carbocycles. The van der Waals surface area contributed by atoms with Gasteiger partial charge in [-0.3, -0.25) is 4.98 Å². The summed E-state index contributed by atoms with van der Waals surface area (Å²) >= 11 is 0. The molecule has 1 saturated carbocycles. The first kappa shape index (κ1) is 19.6. The summed E-state index contributed by atoms with van der Waals surface area (Å²) < 4.78 is 10.4. The van der Waals surface area contributed by atoms with Crippen LogP contribution in [-0.2, 0) is 4.84 Å². The molecular formula is C24H22N2O4. The Bertz CT molecular complexity index is 1030. The average molecular weight is 402 g/mol. The fourth-order valence-electron chi connectivity index (χ4n) is 3.41. The SMILES string of the molecule is COc1ccc(C(=O)O/N=C(/c2ccccn2)C2CC2c2ccc(OC)cc2)cc1. The van der Waals surface area contributed by atoms with Crippen LogP contribution in [0, 0.1) is 5.92 Å². The van der Waals surface area contributed by atoms with E-state index in [9.17, 15) is 4.79 Å². The van der Waals surface area contributed by atoms with Gasteiger partial charge in [-0.05, 0) is 66.4 Å². The Morgan fingerprint density at radius 3 is 2.20 bits per heavy atom. The summed E-state index contributed by atoms with van der Waals surface area (Å²) in [6.45, 7) is 0. The largest absolute Gasteiger partial charge is 0.497 e. The lowest BCUT2D eigenvalue weighted by Crippen LogP contribution is -2.11. The van der Waals surface area contributed by atoms with Crippen molar-refractivity contribution in [3.63, 3.8) is 0 Å². The van der Waals surface area contributed by atoms with E-state index in [1.165, 1.54) is 5.56 Å². The van der Waals surface area contributed by atoms with E-state index in [1.54, 1.807) is 44.7 Å². The van der Waals surface area contributed by atoms with E-state index in [-0.39, 0.29) is 5.92 Å². The van der Waals surface area contributed by atoms with Gasteiger partial charge in [-0.15, -0.1) is 0 Å². The Morgan fingerprint density at radius 1 is 0.933 bits per heavy atom. The average Bonchev–Trinajstić information content (AvgIpc) is 3.60. The summed E-state index contributed by atoms with van der Waals surface area (Å²) in [7, 11) is 3.23. The zero-order chi connectivity index (χ0) is 20.9. The van der Waals surface area contributed by atoms with E-state index >= 15 is 0 Å². The molecule has 0 bridgehead atoms. The summed E-state index contributed by atoms with van der Waals surface area (Å²) in [4.78, 5) is 22.1. The number of carbonyl (C=O) groups excluding carboxylic acids is 1. The van der Waals surface area contributed by atoms with Crippen LogP contribution in [0.2, 0.25) is 0 Å². The van der Waals surface area contributed by atoms with Crippen LogP contribution in [0.3, 0.4) is 0 Å². The van der Waals surface area contributed by atoms with Crippen LogP contribution in [0.15, 0.2) is 78.1 Å². The second-order valence-corrected chi connectivity index (χ2v) is 7.02. The molecule has 0 amide bonds. The fourth-order valence-corrected chi connectivity index (χ4v) is 3.41. The molecule has 152 valence electrons. The lowest BCUT2D eigenvalue weighted by molar-refractivity contribution is 0.0515. The predicted octanol–water partition coefficient (Wildman–Crippen LogP) is 4.46. The van der Waals surface area contributed by atoms with E-state index in [4.69, 9.17) is 14.3 Å². The zero-order valence-electron chi connectivity index (χ0n) is 16.8. The maximum Gasteiger partial charge on any atom is 0.365 e. The van der Waals surface area contributed by atoms with Crippen LogP contribution < -0.4 is 9.47 Å². The highest BCUT2D eigenvalue weighted by molar-refractivity contribution is 6.03. The van der Waals surface area contributed by atoms with Crippen LogP contribution in [0.25, 0.3) is 0 Å². The minimum absolute atomic E-state index is 0.136. The van der Waals surface area contributed by atoms with Gasteiger partial charge in [0.05, 0.1) is 25.5 Å².